The fourth-order valence-corrected chi connectivity index (χ4v) is 3.05. The molecule has 0 saturated carbocycles. The SMILES string of the molecule is COc1ccc(C([O-])=CC=C2C=CC=C2)cc1.COc1ccc(C([O-])=CC=C2C=CC=C2)cc1.[Fe+2]. The van der Waals surface area contributed by atoms with Crippen LogP contribution in [-0.2, 0) is 17.1 Å². The summed E-state index contributed by atoms with van der Waals surface area (Å²) in [6.45, 7) is 0. The molecular formula is C30H26FeO4. The van der Waals surface area contributed by atoms with E-state index in [1.54, 1.807) is 74.9 Å². The fraction of sp³-hybridized carbons (Fsp3) is 0.0667. The number of allylic oxidation sites excluding steroid dienone is 14. The van der Waals surface area contributed by atoms with Crippen molar-refractivity contribution in [3.63, 3.8) is 0 Å². The summed E-state index contributed by atoms with van der Waals surface area (Å²) in [5.41, 5.74) is 3.39. The first-order valence-corrected chi connectivity index (χ1v) is 10.8. The van der Waals surface area contributed by atoms with Gasteiger partial charge in [0.25, 0.3) is 0 Å². The van der Waals surface area contributed by atoms with Gasteiger partial charge in [-0.05, 0) is 46.5 Å². The molecule has 0 saturated heterocycles. The Hall–Kier alpha value is -3.92. The Kier molecular flexibility index (Phi) is 11.2. The Balaban J connectivity index is 0.000000240. The summed E-state index contributed by atoms with van der Waals surface area (Å²) in [5.74, 6) is 1.49. The largest absolute Gasteiger partial charge is 2.00 e. The molecule has 4 nitrogen and oxygen atoms in total. The van der Waals surface area contributed by atoms with Gasteiger partial charge < -0.3 is 19.7 Å². The number of rotatable bonds is 6. The van der Waals surface area contributed by atoms with Crippen LogP contribution >= 0.6 is 0 Å². The molecule has 0 atom stereocenters. The van der Waals surface area contributed by atoms with Crippen molar-refractivity contribution in [2.75, 3.05) is 14.2 Å². The van der Waals surface area contributed by atoms with E-state index in [9.17, 15) is 10.2 Å². The molecule has 0 heterocycles. The van der Waals surface area contributed by atoms with Crippen LogP contribution in [0.1, 0.15) is 11.1 Å². The van der Waals surface area contributed by atoms with Crippen molar-refractivity contribution >= 4 is 11.5 Å². The Bertz CT molecular complexity index is 1080. The van der Waals surface area contributed by atoms with Gasteiger partial charge in [-0.15, -0.1) is 11.5 Å². The van der Waals surface area contributed by atoms with Crippen molar-refractivity contribution in [2.24, 2.45) is 0 Å². The van der Waals surface area contributed by atoms with E-state index in [0.29, 0.717) is 11.1 Å². The van der Waals surface area contributed by atoms with Gasteiger partial charge >= 0.3 is 17.1 Å². The van der Waals surface area contributed by atoms with Gasteiger partial charge in [0, 0.05) is 0 Å². The van der Waals surface area contributed by atoms with Gasteiger partial charge in [0.2, 0.25) is 0 Å². The van der Waals surface area contributed by atoms with Crippen LogP contribution < -0.4 is 19.7 Å². The first-order valence-electron chi connectivity index (χ1n) is 10.8. The van der Waals surface area contributed by atoms with E-state index >= 15 is 0 Å². The van der Waals surface area contributed by atoms with Crippen LogP contribution in [0, 0.1) is 0 Å². The molecule has 0 N–H and O–H groups in total. The van der Waals surface area contributed by atoms with Gasteiger partial charge in [0.15, 0.2) is 0 Å². The average molecular weight is 506 g/mol. The van der Waals surface area contributed by atoms with Gasteiger partial charge in [-0.1, -0.05) is 97.2 Å². The molecule has 2 aliphatic rings. The molecule has 0 radical (unpaired) electrons. The quantitative estimate of drug-likeness (QED) is 0.413. The van der Waals surface area contributed by atoms with Crippen molar-refractivity contribution in [3.8, 4) is 11.5 Å². The molecule has 178 valence electrons. The number of benzene rings is 2. The Morgan fingerprint density at radius 2 is 0.886 bits per heavy atom. The smallest absolute Gasteiger partial charge is 0.872 e. The van der Waals surface area contributed by atoms with Crippen molar-refractivity contribution in [1.82, 2.24) is 0 Å². The van der Waals surface area contributed by atoms with Crippen LogP contribution in [0.3, 0.4) is 0 Å². The van der Waals surface area contributed by atoms with Crippen molar-refractivity contribution in [1.29, 1.82) is 0 Å². The predicted octanol–water partition coefficient (Wildman–Crippen LogP) is 4.90. The van der Waals surface area contributed by atoms with Crippen molar-refractivity contribution in [2.45, 2.75) is 0 Å². The zero-order valence-electron chi connectivity index (χ0n) is 19.5. The van der Waals surface area contributed by atoms with Crippen molar-refractivity contribution < 1.29 is 36.8 Å². The number of methoxy groups -OCH3 is 2. The maximum Gasteiger partial charge on any atom is 2.00 e. The summed E-state index contributed by atoms with van der Waals surface area (Å²) in [4.78, 5) is 0. The Morgan fingerprint density at radius 3 is 1.17 bits per heavy atom. The molecule has 0 aliphatic heterocycles. The van der Waals surface area contributed by atoms with E-state index in [2.05, 4.69) is 0 Å². The minimum atomic E-state index is -0.00569. The average Bonchev–Trinajstić information content (AvgIpc) is 3.61. The number of hydrogen-bond donors (Lipinski definition) is 0. The van der Waals surface area contributed by atoms with E-state index in [1.807, 2.05) is 60.8 Å². The summed E-state index contributed by atoms with van der Waals surface area (Å²) in [6, 6.07) is 14.2. The molecule has 5 heteroatoms. The molecule has 35 heavy (non-hydrogen) atoms. The zero-order chi connectivity index (χ0) is 24.2. The molecule has 0 fully saturated rings. The molecule has 0 amide bonds. The maximum atomic E-state index is 11.8. The van der Waals surface area contributed by atoms with Gasteiger partial charge in [-0.3, -0.25) is 0 Å². The van der Waals surface area contributed by atoms with Crippen LogP contribution in [0.15, 0.2) is 133 Å². The second-order valence-corrected chi connectivity index (χ2v) is 7.29. The van der Waals surface area contributed by atoms with E-state index in [1.165, 1.54) is 0 Å². The number of hydrogen-bond acceptors (Lipinski definition) is 4. The second-order valence-electron chi connectivity index (χ2n) is 7.29. The van der Waals surface area contributed by atoms with E-state index < -0.39 is 0 Å². The van der Waals surface area contributed by atoms with Gasteiger partial charge in [0.1, 0.15) is 11.5 Å². The fourth-order valence-electron chi connectivity index (χ4n) is 3.05. The molecule has 0 spiro atoms. The summed E-state index contributed by atoms with van der Waals surface area (Å²) in [6.07, 6.45) is 22.4. The predicted molar refractivity (Wildman–Crippen MR) is 135 cm³/mol. The molecule has 2 aromatic rings. The Labute approximate surface area is 217 Å². The van der Waals surface area contributed by atoms with Crippen LogP contribution in [0.25, 0.3) is 11.5 Å². The van der Waals surface area contributed by atoms with Gasteiger partial charge in [-0.25, -0.2) is 0 Å². The summed E-state index contributed by atoms with van der Waals surface area (Å²) < 4.78 is 10.1. The first kappa shape index (κ1) is 27.3. The third kappa shape index (κ3) is 8.74. The summed E-state index contributed by atoms with van der Waals surface area (Å²) in [5, 5.41) is 23.6. The molecule has 0 bridgehead atoms. The third-order valence-corrected chi connectivity index (χ3v) is 4.98. The molecule has 4 rings (SSSR count). The second kappa shape index (κ2) is 14.4. The van der Waals surface area contributed by atoms with Crippen LogP contribution in [0.4, 0.5) is 0 Å². The molecule has 2 aromatic carbocycles. The zero-order valence-corrected chi connectivity index (χ0v) is 20.6. The van der Waals surface area contributed by atoms with E-state index in [4.69, 9.17) is 9.47 Å². The van der Waals surface area contributed by atoms with Crippen LogP contribution in [-0.4, -0.2) is 14.2 Å². The minimum absolute atomic E-state index is 0. The first-order chi connectivity index (χ1) is 16.6. The van der Waals surface area contributed by atoms with E-state index in [0.717, 1.165) is 22.6 Å². The standard InChI is InChI=1S/2C15H14O2.Fe/c2*1-17-14-9-7-13(8-10-14)15(16)11-6-12-4-2-3-5-12;/h2*2-11,16H,1H3;/q;;+2/p-2. The van der Waals surface area contributed by atoms with Crippen LogP contribution in [0.5, 0.6) is 11.5 Å². The molecule has 2 aliphatic carbocycles. The van der Waals surface area contributed by atoms with Crippen LogP contribution in [0.2, 0.25) is 0 Å². The van der Waals surface area contributed by atoms with Gasteiger partial charge in [0.05, 0.1) is 14.2 Å². The van der Waals surface area contributed by atoms with Crippen molar-refractivity contribution in [3.05, 3.63) is 144 Å². The molecule has 0 aromatic heterocycles. The molecular weight excluding hydrogens is 480 g/mol. The van der Waals surface area contributed by atoms with Gasteiger partial charge in [-0.2, -0.15) is 0 Å². The number of ether oxygens (including phenoxy) is 2. The summed E-state index contributed by atoms with van der Waals surface area (Å²) in [7, 11) is 3.21. The third-order valence-electron chi connectivity index (χ3n) is 4.98. The summed E-state index contributed by atoms with van der Waals surface area (Å²) >= 11 is 0. The topological polar surface area (TPSA) is 64.6 Å². The molecule has 0 unspecified atom stereocenters. The maximum absolute atomic E-state index is 11.8. The normalized spacial score (nSPS) is 13.8. The monoisotopic (exact) mass is 506 g/mol. The Morgan fingerprint density at radius 1 is 0.571 bits per heavy atom. The van der Waals surface area contributed by atoms with E-state index in [-0.39, 0.29) is 28.6 Å². The minimum Gasteiger partial charge on any atom is -0.872 e.